The van der Waals surface area contributed by atoms with Gasteiger partial charge in [0.05, 0.1) is 0 Å². The Morgan fingerprint density at radius 2 is 1.57 bits per heavy atom. The van der Waals surface area contributed by atoms with Gasteiger partial charge in [0.25, 0.3) is 0 Å². The Bertz CT molecular complexity index is 133. The predicted octanol–water partition coefficient (Wildman–Crippen LogP) is 3.84. The predicted molar refractivity (Wildman–Crippen MR) is 65.6 cm³/mol. The molecule has 1 unspecified atom stereocenters. The number of rotatable bonds is 6. The second-order valence-electron chi connectivity index (χ2n) is 6.14. The maximum absolute atomic E-state index is 3.59. The van der Waals surface area contributed by atoms with Gasteiger partial charge in [0.2, 0.25) is 0 Å². The van der Waals surface area contributed by atoms with Gasteiger partial charge in [-0.2, -0.15) is 0 Å². The third-order valence-electron chi connectivity index (χ3n) is 2.54. The third kappa shape index (κ3) is 10.0. The van der Waals surface area contributed by atoms with E-state index in [4.69, 9.17) is 0 Å². The first kappa shape index (κ1) is 14.0. The van der Waals surface area contributed by atoms with E-state index < -0.39 is 0 Å². The Kier molecular flexibility index (Phi) is 6.43. The highest BCUT2D eigenvalue weighted by Gasteiger charge is 2.10. The van der Waals surface area contributed by atoms with Crippen molar-refractivity contribution in [3.63, 3.8) is 0 Å². The van der Waals surface area contributed by atoms with Crippen LogP contribution in [-0.2, 0) is 0 Å². The molecule has 0 saturated heterocycles. The fourth-order valence-electron chi connectivity index (χ4n) is 1.38. The molecular weight excluding hydrogens is 170 g/mol. The molecule has 0 rings (SSSR count). The van der Waals surface area contributed by atoms with Crippen LogP contribution in [0.4, 0.5) is 0 Å². The van der Waals surface area contributed by atoms with Gasteiger partial charge in [-0.3, -0.25) is 0 Å². The summed E-state index contributed by atoms with van der Waals surface area (Å²) in [5.41, 5.74) is 0.463. The Balaban J connectivity index is 3.40. The molecule has 1 nitrogen and oxygen atoms in total. The van der Waals surface area contributed by atoms with Gasteiger partial charge >= 0.3 is 0 Å². The van der Waals surface area contributed by atoms with Crippen LogP contribution in [0.15, 0.2) is 0 Å². The summed E-state index contributed by atoms with van der Waals surface area (Å²) >= 11 is 0. The van der Waals surface area contributed by atoms with Gasteiger partial charge in [-0.1, -0.05) is 34.6 Å². The lowest BCUT2D eigenvalue weighted by molar-refractivity contribution is 0.348. The van der Waals surface area contributed by atoms with Crippen molar-refractivity contribution in [2.45, 2.75) is 66.8 Å². The molecule has 1 heteroatoms. The summed E-state index contributed by atoms with van der Waals surface area (Å²) < 4.78 is 0. The molecule has 86 valence electrons. The minimum absolute atomic E-state index is 0.463. The summed E-state index contributed by atoms with van der Waals surface area (Å²) in [6.07, 6.45) is 3.91. The van der Waals surface area contributed by atoms with Crippen LogP contribution in [0.2, 0.25) is 0 Å². The van der Waals surface area contributed by atoms with Crippen molar-refractivity contribution >= 4 is 0 Å². The maximum atomic E-state index is 3.59. The van der Waals surface area contributed by atoms with Crippen LogP contribution in [0, 0.1) is 11.3 Å². The molecule has 0 heterocycles. The first-order valence-electron chi connectivity index (χ1n) is 6.04. The van der Waals surface area contributed by atoms with Gasteiger partial charge in [-0.05, 0) is 44.1 Å². The summed E-state index contributed by atoms with van der Waals surface area (Å²) in [6.45, 7) is 14.9. The van der Waals surface area contributed by atoms with Crippen LogP contribution in [0.25, 0.3) is 0 Å². The van der Waals surface area contributed by atoms with Crippen molar-refractivity contribution in [3.8, 4) is 0 Å². The molecule has 0 aromatic rings. The van der Waals surface area contributed by atoms with E-state index in [9.17, 15) is 0 Å². The Morgan fingerprint density at radius 3 is 2.00 bits per heavy atom. The summed E-state index contributed by atoms with van der Waals surface area (Å²) in [5.74, 6) is 0.835. The number of nitrogens with one attached hydrogen (secondary N) is 1. The molecular formula is C13H29N. The number of hydrogen-bond donors (Lipinski definition) is 1. The second-order valence-corrected chi connectivity index (χ2v) is 6.14. The van der Waals surface area contributed by atoms with E-state index in [2.05, 4.69) is 46.9 Å². The highest BCUT2D eigenvalue weighted by Crippen LogP contribution is 2.17. The first-order valence-corrected chi connectivity index (χ1v) is 6.04. The molecule has 0 aromatic carbocycles. The highest BCUT2D eigenvalue weighted by atomic mass is 14.9. The van der Waals surface area contributed by atoms with Crippen LogP contribution >= 0.6 is 0 Å². The Morgan fingerprint density at radius 1 is 1.00 bits per heavy atom. The summed E-state index contributed by atoms with van der Waals surface area (Å²) in [7, 11) is 0. The van der Waals surface area contributed by atoms with Crippen LogP contribution in [0.5, 0.6) is 0 Å². The van der Waals surface area contributed by atoms with E-state index in [0.29, 0.717) is 11.5 Å². The van der Waals surface area contributed by atoms with Crippen molar-refractivity contribution in [2.24, 2.45) is 11.3 Å². The fourth-order valence-corrected chi connectivity index (χ4v) is 1.38. The minimum Gasteiger partial charge on any atom is -0.314 e. The zero-order chi connectivity index (χ0) is 11.2. The molecule has 0 bridgehead atoms. The Hall–Kier alpha value is -0.0400. The van der Waals surface area contributed by atoms with E-state index in [1.807, 2.05) is 0 Å². The Labute approximate surface area is 90.7 Å². The van der Waals surface area contributed by atoms with Gasteiger partial charge < -0.3 is 5.32 Å². The molecule has 14 heavy (non-hydrogen) atoms. The van der Waals surface area contributed by atoms with E-state index in [-0.39, 0.29) is 0 Å². The van der Waals surface area contributed by atoms with Crippen molar-refractivity contribution in [2.75, 3.05) is 6.54 Å². The summed E-state index contributed by atoms with van der Waals surface area (Å²) in [4.78, 5) is 0. The monoisotopic (exact) mass is 199 g/mol. The molecule has 0 saturated carbocycles. The molecule has 0 spiro atoms. The molecule has 0 fully saturated rings. The van der Waals surface area contributed by atoms with Crippen LogP contribution in [0.3, 0.4) is 0 Å². The van der Waals surface area contributed by atoms with Crippen molar-refractivity contribution in [3.05, 3.63) is 0 Å². The van der Waals surface area contributed by atoms with Gasteiger partial charge in [-0.15, -0.1) is 0 Å². The first-order chi connectivity index (χ1) is 6.31. The average Bonchev–Trinajstić information content (AvgIpc) is 1.98. The second kappa shape index (κ2) is 6.44. The molecule has 0 radical (unpaired) electrons. The lowest BCUT2D eigenvalue weighted by Gasteiger charge is -2.21. The minimum atomic E-state index is 0.463. The third-order valence-corrected chi connectivity index (χ3v) is 2.54. The topological polar surface area (TPSA) is 12.0 Å². The molecule has 1 N–H and O–H groups in total. The lowest BCUT2D eigenvalue weighted by atomic mass is 9.92. The SMILES string of the molecule is CC(C)CCC(C)NCCC(C)(C)C. The summed E-state index contributed by atoms with van der Waals surface area (Å²) in [6, 6.07) is 0.680. The normalized spacial score (nSPS) is 14.8. The molecule has 1 atom stereocenters. The van der Waals surface area contributed by atoms with E-state index in [0.717, 1.165) is 12.5 Å². The van der Waals surface area contributed by atoms with Gasteiger partial charge in [-0.25, -0.2) is 0 Å². The van der Waals surface area contributed by atoms with E-state index in [1.165, 1.54) is 19.3 Å². The number of hydrogen-bond acceptors (Lipinski definition) is 1. The lowest BCUT2D eigenvalue weighted by Crippen LogP contribution is -2.29. The molecule has 0 aliphatic heterocycles. The van der Waals surface area contributed by atoms with Crippen LogP contribution in [0.1, 0.15) is 60.8 Å². The van der Waals surface area contributed by atoms with E-state index in [1.54, 1.807) is 0 Å². The zero-order valence-electron chi connectivity index (χ0n) is 11.0. The van der Waals surface area contributed by atoms with Gasteiger partial charge in [0.15, 0.2) is 0 Å². The maximum Gasteiger partial charge on any atom is 0.00388 e. The molecule has 0 amide bonds. The quantitative estimate of drug-likeness (QED) is 0.685. The molecule has 0 aliphatic carbocycles. The largest absolute Gasteiger partial charge is 0.314 e. The zero-order valence-corrected chi connectivity index (χ0v) is 11.0. The smallest absolute Gasteiger partial charge is 0.00388 e. The average molecular weight is 199 g/mol. The van der Waals surface area contributed by atoms with E-state index >= 15 is 0 Å². The van der Waals surface area contributed by atoms with Crippen LogP contribution < -0.4 is 5.32 Å². The van der Waals surface area contributed by atoms with Crippen molar-refractivity contribution in [1.29, 1.82) is 0 Å². The van der Waals surface area contributed by atoms with Crippen molar-refractivity contribution in [1.82, 2.24) is 5.32 Å². The summed E-state index contributed by atoms with van der Waals surface area (Å²) in [5, 5.41) is 3.59. The standard InChI is InChI=1S/C13H29N/c1-11(2)7-8-12(3)14-10-9-13(4,5)6/h11-12,14H,7-10H2,1-6H3. The molecule has 0 aliphatic rings. The van der Waals surface area contributed by atoms with Crippen LogP contribution in [-0.4, -0.2) is 12.6 Å². The molecule has 0 aromatic heterocycles. The van der Waals surface area contributed by atoms with Crippen molar-refractivity contribution < 1.29 is 0 Å². The highest BCUT2D eigenvalue weighted by molar-refractivity contribution is 4.67. The fraction of sp³-hybridized carbons (Fsp3) is 1.00. The van der Waals surface area contributed by atoms with Gasteiger partial charge in [0.1, 0.15) is 0 Å². The van der Waals surface area contributed by atoms with Gasteiger partial charge in [0, 0.05) is 6.04 Å².